The Morgan fingerprint density at radius 1 is 1.33 bits per heavy atom. The number of rotatable bonds is 2. The highest BCUT2D eigenvalue weighted by Crippen LogP contribution is 2.62. The second-order valence-electron chi connectivity index (χ2n) is 6.30. The maximum absolute atomic E-state index is 10.7. The van der Waals surface area contributed by atoms with Crippen molar-refractivity contribution in [2.24, 2.45) is 23.7 Å². The van der Waals surface area contributed by atoms with Crippen molar-refractivity contribution in [3.05, 3.63) is 23.3 Å². The Balaban J connectivity index is 1.80. The van der Waals surface area contributed by atoms with Crippen LogP contribution in [0.4, 0.5) is 0 Å². The van der Waals surface area contributed by atoms with Gasteiger partial charge in [0.1, 0.15) is 0 Å². The molecule has 0 aromatic rings. The topological polar surface area (TPSA) is 29.5 Å². The molecule has 0 spiro atoms. The molecule has 0 aliphatic heterocycles. The normalized spacial score (nSPS) is 48.8. The molecule has 0 aromatic heterocycles. The van der Waals surface area contributed by atoms with Gasteiger partial charge >= 0.3 is 0 Å². The molecular weight excluding hydrogens is 224 g/mol. The van der Waals surface area contributed by atoms with Crippen LogP contribution in [0.5, 0.6) is 0 Å². The summed E-state index contributed by atoms with van der Waals surface area (Å²) in [5.41, 5.74) is 2.96. The van der Waals surface area contributed by atoms with E-state index in [0.29, 0.717) is 11.8 Å². The number of hydrogen-bond acceptors (Lipinski definition) is 2. The number of aliphatic hydroxyl groups excluding tert-OH is 1. The smallest absolute Gasteiger partial charge is 0.0846 e. The highest BCUT2D eigenvalue weighted by molar-refractivity contribution is 5.42. The maximum Gasteiger partial charge on any atom is 0.0846 e. The van der Waals surface area contributed by atoms with Crippen LogP contribution in [0, 0.1) is 23.7 Å². The molecule has 2 bridgehead atoms. The van der Waals surface area contributed by atoms with E-state index < -0.39 is 0 Å². The molecule has 0 heterocycles. The van der Waals surface area contributed by atoms with E-state index in [-0.39, 0.29) is 12.2 Å². The standard InChI is InChI=1S/C16H22O2/c1-2-18-16-12-6-4-3-5-9(12)13-10-7-8-11(10)14(16)15(13)17/h3,5,10-11,13-17H,2,4,6-8H2,1H3. The Hall–Kier alpha value is -0.600. The summed E-state index contributed by atoms with van der Waals surface area (Å²) < 4.78 is 6.05. The van der Waals surface area contributed by atoms with Crippen LogP contribution in [-0.2, 0) is 4.74 Å². The summed E-state index contributed by atoms with van der Waals surface area (Å²) in [4.78, 5) is 0. The average molecular weight is 246 g/mol. The average Bonchev–Trinajstić information content (AvgIpc) is 2.49. The van der Waals surface area contributed by atoms with Gasteiger partial charge < -0.3 is 9.84 Å². The molecule has 0 aromatic carbocycles. The Labute approximate surface area is 109 Å². The molecule has 6 unspecified atom stereocenters. The van der Waals surface area contributed by atoms with Crippen molar-refractivity contribution < 1.29 is 9.84 Å². The molecule has 0 radical (unpaired) electrons. The van der Waals surface area contributed by atoms with E-state index in [1.807, 2.05) is 0 Å². The molecule has 6 atom stereocenters. The Bertz CT molecular complexity index is 423. The maximum atomic E-state index is 10.7. The van der Waals surface area contributed by atoms with Crippen molar-refractivity contribution in [2.75, 3.05) is 6.61 Å². The van der Waals surface area contributed by atoms with Crippen molar-refractivity contribution in [3.8, 4) is 0 Å². The van der Waals surface area contributed by atoms with Crippen molar-refractivity contribution in [1.82, 2.24) is 0 Å². The summed E-state index contributed by atoms with van der Waals surface area (Å²) in [5, 5.41) is 10.7. The summed E-state index contributed by atoms with van der Waals surface area (Å²) in [6.45, 7) is 2.83. The minimum atomic E-state index is -0.152. The van der Waals surface area contributed by atoms with Gasteiger partial charge in [-0.2, -0.15) is 0 Å². The molecule has 0 saturated heterocycles. The van der Waals surface area contributed by atoms with E-state index in [4.69, 9.17) is 4.74 Å². The molecule has 2 nitrogen and oxygen atoms in total. The van der Waals surface area contributed by atoms with E-state index in [2.05, 4.69) is 19.1 Å². The first-order valence-corrected chi connectivity index (χ1v) is 7.52. The van der Waals surface area contributed by atoms with Gasteiger partial charge in [-0.25, -0.2) is 0 Å². The number of hydrogen-bond donors (Lipinski definition) is 1. The fourth-order valence-corrected chi connectivity index (χ4v) is 5.00. The summed E-state index contributed by atoms with van der Waals surface area (Å²) >= 11 is 0. The third kappa shape index (κ3) is 1.26. The third-order valence-electron chi connectivity index (χ3n) is 5.75. The summed E-state index contributed by atoms with van der Waals surface area (Å²) in [6.07, 6.45) is 9.53. The zero-order chi connectivity index (χ0) is 12.3. The van der Waals surface area contributed by atoms with Crippen LogP contribution >= 0.6 is 0 Å². The highest BCUT2D eigenvalue weighted by Gasteiger charge is 2.60. The SMILES string of the molecule is CCOC1C2=C(C=CCC2)C2C(O)C1C1CCC12. The summed E-state index contributed by atoms with van der Waals surface area (Å²) in [5.74, 6) is 2.28. The predicted molar refractivity (Wildman–Crippen MR) is 70.0 cm³/mol. The first-order chi connectivity index (χ1) is 8.83. The van der Waals surface area contributed by atoms with E-state index >= 15 is 0 Å². The molecule has 98 valence electrons. The van der Waals surface area contributed by atoms with Gasteiger partial charge in [-0.15, -0.1) is 0 Å². The number of aliphatic hydroxyl groups is 1. The highest BCUT2D eigenvalue weighted by atomic mass is 16.5. The van der Waals surface area contributed by atoms with Gasteiger partial charge in [0.05, 0.1) is 12.2 Å². The molecule has 4 aliphatic rings. The van der Waals surface area contributed by atoms with Crippen LogP contribution in [0.1, 0.15) is 32.6 Å². The van der Waals surface area contributed by atoms with E-state index in [0.717, 1.165) is 31.3 Å². The minimum absolute atomic E-state index is 0.152. The van der Waals surface area contributed by atoms with Crippen LogP contribution < -0.4 is 0 Å². The van der Waals surface area contributed by atoms with Crippen LogP contribution in [0.15, 0.2) is 23.3 Å². The zero-order valence-electron chi connectivity index (χ0n) is 11.0. The minimum Gasteiger partial charge on any atom is -0.392 e. The fraction of sp³-hybridized carbons (Fsp3) is 0.750. The molecule has 0 amide bonds. The molecule has 2 fully saturated rings. The van der Waals surface area contributed by atoms with Gasteiger partial charge in [0, 0.05) is 18.4 Å². The predicted octanol–water partition coefficient (Wildman–Crippen LogP) is 2.68. The summed E-state index contributed by atoms with van der Waals surface area (Å²) in [6, 6.07) is 0. The second kappa shape index (κ2) is 3.94. The largest absolute Gasteiger partial charge is 0.392 e. The quantitative estimate of drug-likeness (QED) is 0.811. The van der Waals surface area contributed by atoms with Crippen LogP contribution in [0.25, 0.3) is 0 Å². The second-order valence-corrected chi connectivity index (χ2v) is 6.30. The van der Waals surface area contributed by atoms with E-state index in [1.165, 1.54) is 24.0 Å². The Morgan fingerprint density at radius 3 is 2.89 bits per heavy atom. The molecule has 2 heteroatoms. The summed E-state index contributed by atoms with van der Waals surface area (Å²) in [7, 11) is 0. The van der Waals surface area contributed by atoms with Gasteiger partial charge in [0.2, 0.25) is 0 Å². The van der Waals surface area contributed by atoms with Crippen LogP contribution in [-0.4, -0.2) is 23.9 Å². The van der Waals surface area contributed by atoms with Crippen molar-refractivity contribution in [1.29, 1.82) is 0 Å². The first-order valence-electron chi connectivity index (χ1n) is 7.52. The number of fused-ring (bicyclic) bond motifs is 6. The lowest BCUT2D eigenvalue weighted by atomic mass is 9.70. The van der Waals surface area contributed by atoms with Gasteiger partial charge in [-0.05, 0) is 55.6 Å². The monoisotopic (exact) mass is 246 g/mol. The first kappa shape index (κ1) is 11.2. The Kier molecular flexibility index (Phi) is 2.46. The number of allylic oxidation sites excluding steroid dienone is 2. The molecule has 1 N–H and O–H groups in total. The van der Waals surface area contributed by atoms with Crippen LogP contribution in [0.3, 0.4) is 0 Å². The van der Waals surface area contributed by atoms with Gasteiger partial charge in [-0.3, -0.25) is 0 Å². The number of ether oxygens (including phenoxy) is 1. The molecular formula is C16H22O2. The van der Waals surface area contributed by atoms with E-state index in [9.17, 15) is 5.11 Å². The van der Waals surface area contributed by atoms with Crippen molar-refractivity contribution in [2.45, 2.75) is 44.8 Å². The molecule has 18 heavy (non-hydrogen) atoms. The van der Waals surface area contributed by atoms with Crippen molar-refractivity contribution in [3.63, 3.8) is 0 Å². The van der Waals surface area contributed by atoms with Gasteiger partial charge in [0.15, 0.2) is 0 Å². The zero-order valence-corrected chi connectivity index (χ0v) is 11.0. The lowest BCUT2D eigenvalue weighted by Crippen LogP contribution is -2.41. The van der Waals surface area contributed by atoms with Crippen molar-refractivity contribution >= 4 is 0 Å². The molecule has 4 rings (SSSR count). The molecule has 2 saturated carbocycles. The third-order valence-corrected chi connectivity index (χ3v) is 5.75. The van der Waals surface area contributed by atoms with Gasteiger partial charge in [0.25, 0.3) is 0 Å². The lowest BCUT2D eigenvalue weighted by Gasteiger charge is -2.39. The molecule has 4 aliphatic carbocycles. The fourth-order valence-electron chi connectivity index (χ4n) is 5.00. The van der Waals surface area contributed by atoms with Gasteiger partial charge in [-0.1, -0.05) is 12.2 Å². The lowest BCUT2D eigenvalue weighted by molar-refractivity contribution is -0.0348. The Morgan fingerprint density at radius 2 is 2.17 bits per heavy atom. The van der Waals surface area contributed by atoms with E-state index in [1.54, 1.807) is 0 Å². The van der Waals surface area contributed by atoms with Crippen LogP contribution in [0.2, 0.25) is 0 Å².